The van der Waals surface area contributed by atoms with E-state index in [1.807, 2.05) is 0 Å². The molecule has 0 radical (unpaired) electrons. The van der Waals surface area contributed by atoms with E-state index in [-0.39, 0.29) is 0 Å². The molecule has 2 unspecified atom stereocenters. The van der Waals surface area contributed by atoms with Gasteiger partial charge < -0.3 is 0 Å². The molecular weight excluding hydrogens is 257 g/mol. The molecule has 0 spiro atoms. The lowest BCUT2D eigenvalue weighted by molar-refractivity contribution is -0.139. The van der Waals surface area contributed by atoms with Gasteiger partial charge in [0.15, 0.2) is 5.71 Å². The molecule has 0 saturated carbocycles. The second-order valence-corrected chi connectivity index (χ2v) is 4.69. The van der Waals surface area contributed by atoms with Crippen LogP contribution in [0.15, 0.2) is 30.4 Å². The van der Waals surface area contributed by atoms with Crippen LogP contribution in [-0.4, -0.2) is 29.9 Å². The van der Waals surface area contributed by atoms with E-state index in [2.05, 4.69) is 18.3 Å². The van der Waals surface area contributed by atoms with Gasteiger partial charge in [-0.05, 0) is 11.8 Å². The highest BCUT2D eigenvalue weighted by Crippen LogP contribution is 2.48. The number of amides is 1. The van der Waals surface area contributed by atoms with Gasteiger partial charge >= 0.3 is 6.18 Å². The van der Waals surface area contributed by atoms with Crippen LogP contribution in [0.2, 0.25) is 0 Å². The molecule has 1 rings (SSSR count). The number of carbonyl (C=O) groups excluding carboxylic acids is 1. The fourth-order valence-corrected chi connectivity index (χ4v) is 2.55. The Labute approximate surface area is 110 Å². The van der Waals surface area contributed by atoms with Crippen molar-refractivity contribution in [2.24, 2.45) is 22.4 Å². The quantitative estimate of drug-likeness (QED) is 0.725. The fraction of sp³-hybridized carbons (Fsp3) is 0.538. The van der Waals surface area contributed by atoms with Crippen molar-refractivity contribution in [2.45, 2.75) is 20.0 Å². The zero-order valence-corrected chi connectivity index (χ0v) is 11.2. The summed E-state index contributed by atoms with van der Waals surface area (Å²) in [5.74, 6) is -2.10. The van der Waals surface area contributed by atoms with Gasteiger partial charge in [-0.3, -0.25) is 4.79 Å². The second-order valence-electron chi connectivity index (χ2n) is 4.69. The highest BCUT2D eigenvalue weighted by Gasteiger charge is 2.63. The van der Waals surface area contributed by atoms with Gasteiger partial charge in [0.25, 0.3) is 5.91 Å². The summed E-state index contributed by atoms with van der Waals surface area (Å²) in [7, 11) is 1.22. The molecule has 106 valence electrons. The number of hydrogen-bond acceptors (Lipinski definition) is 2. The zero-order chi connectivity index (χ0) is 15.0. The van der Waals surface area contributed by atoms with Crippen LogP contribution in [0.1, 0.15) is 13.8 Å². The first kappa shape index (κ1) is 15.5. The topological polar surface area (TPSA) is 32.7 Å². The minimum absolute atomic E-state index is 0.681. The van der Waals surface area contributed by atoms with Gasteiger partial charge in [-0.25, -0.2) is 5.01 Å². The van der Waals surface area contributed by atoms with Gasteiger partial charge in [-0.1, -0.05) is 26.0 Å². The molecule has 0 aromatic heterocycles. The van der Waals surface area contributed by atoms with Crippen molar-refractivity contribution < 1.29 is 18.0 Å². The number of halogens is 3. The molecule has 1 amide bonds. The van der Waals surface area contributed by atoms with Crippen LogP contribution in [-0.2, 0) is 4.79 Å². The van der Waals surface area contributed by atoms with Crippen LogP contribution in [0.3, 0.4) is 0 Å². The Bertz CT molecular complexity index is 426. The van der Waals surface area contributed by atoms with Gasteiger partial charge in [-0.15, -0.1) is 13.2 Å². The van der Waals surface area contributed by atoms with E-state index in [1.165, 1.54) is 33.0 Å². The third-order valence-electron chi connectivity index (χ3n) is 3.70. The highest BCUT2D eigenvalue weighted by atomic mass is 19.4. The first-order valence-electron chi connectivity index (χ1n) is 5.83. The molecule has 0 aromatic rings. The molecule has 19 heavy (non-hydrogen) atoms. The SMILES string of the molecule is C=CC(C)C1(C(C)C=C)C(=O)N(C)N=C1C(F)(F)F. The molecular formula is C13H17F3N2O. The molecule has 0 aromatic carbocycles. The zero-order valence-electron chi connectivity index (χ0n) is 11.2. The summed E-state index contributed by atoms with van der Waals surface area (Å²) in [5.41, 5.74) is -2.86. The molecule has 2 atom stereocenters. The Morgan fingerprint density at radius 3 is 2.00 bits per heavy atom. The van der Waals surface area contributed by atoms with Gasteiger partial charge in [0.2, 0.25) is 0 Å². The second kappa shape index (κ2) is 4.83. The Balaban J connectivity index is 3.58. The van der Waals surface area contributed by atoms with Crippen LogP contribution < -0.4 is 0 Å². The van der Waals surface area contributed by atoms with E-state index in [0.717, 1.165) is 5.01 Å². The third-order valence-corrected chi connectivity index (χ3v) is 3.70. The summed E-state index contributed by atoms with van der Waals surface area (Å²) >= 11 is 0. The number of carbonyl (C=O) groups is 1. The van der Waals surface area contributed by atoms with E-state index in [0.29, 0.717) is 0 Å². The smallest absolute Gasteiger partial charge is 0.272 e. The predicted molar refractivity (Wildman–Crippen MR) is 67.4 cm³/mol. The average Bonchev–Trinajstić information content (AvgIpc) is 2.61. The molecule has 0 bridgehead atoms. The number of hydrazone groups is 1. The highest BCUT2D eigenvalue weighted by molar-refractivity contribution is 6.15. The van der Waals surface area contributed by atoms with Gasteiger partial charge in [0.1, 0.15) is 5.41 Å². The van der Waals surface area contributed by atoms with Gasteiger partial charge in [0, 0.05) is 7.05 Å². The third kappa shape index (κ3) is 2.09. The maximum Gasteiger partial charge on any atom is 0.432 e. The van der Waals surface area contributed by atoms with Crippen molar-refractivity contribution in [3.8, 4) is 0 Å². The average molecular weight is 274 g/mol. The van der Waals surface area contributed by atoms with E-state index in [1.54, 1.807) is 0 Å². The first-order chi connectivity index (χ1) is 8.63. The van der Waals surface area contributed by atoms with Crippen LogP contribution in [0.4, 0.5) is 13.2 Å². The summed E-state index contributed by atoms with van der Waals surface area (Å²) in [4.78, 5) is 12.3. The number of allylic oxidation sites excluding steroid dienone is 2. The molecule has 0 aliphatic carbocycles. The molecule has 0 fully saturated rings. The minimum Gasteiger partial charge on any atom is -0.272 e. The van der Waals surface area contributed by atoms with Gasteiger partial charge in [-0.2, -0.15) is 18.3 Å². The lowest BCUT2D eigenvalue weighted by Crippen LogP contribution is -2.52. The Hall–Kier alpha value is -1.59. The fourth-order valence-electron chi connectivity index (χ4n) is 2.55. The molecule has 3 nitrogen and oxygen atoms in total. The normalized spacial score (nSPS) is 26.9. The van der Waals surface area contributed by atoms with Gasteiger partial charge in [0.05, 0.1) is 0 Å². The monoisotopic (exact) mass is 274 g/mol. The maximum absolute atomic E-state index is 13.2. The van der Waals surface area contributed by atoms with Crippen molar-refractivity contribution in [2.75, 3.05) is 7.05 Å². The first-order valence-corrected chi connectivity index (χ1v) is 5.83. The minimum atomic E-state index is -4.67. The number of hydrogen-bond donors (Lipinski definition) is 0. The van der Waals surface area contributed by atoms with Crippen LogP contribution in [0, 0.1) is 17.3 Å². The predicted octanol–water partition coefficient (Wildman–Crippen LogP) is 3.01. The van der Waals surface area contributed by atoms with E-state index in [9.17, 15) is 18.0 Å². The summed E-state index contributed by atoms with van der Waals surface area (Å²) in [6, 6.07) is 0. The van der Waals surface area contributed by atoms with E-state index in [4.69, 9.17) is 0 Å². The molecule has 1 heterocycles. The lowest BCUT2D eigenvalue weighted by atomic mass is 9.64. The van der Waals surface area contributed by atoms with E-state index < -0.39 is 35.0 Å². The van der Waals surface area contributed by atoms with Crippen molar-refractivity contribution in [1.29, 1.82) is 0 Å². The number of rotatable bonds is 4. The van der Waals surface area contributed by atoms with Crippen LogP contribution >= 0.6 is 0 Å². The van der Waals surface area contributed by atoms with Crippen LogP contribution in [0.5, 0.6) is 0 Å². The summed E-state index contributed by atoms with van der Waals surface area (Å²) < 4.78 is 39.7. The molecule has 1 aliphatic rings. The number of alkyl halides is 3. The Kier molecular flexibility index (Phi) is 3.93. The van der Waals surface area contributed by atoms with Crippen molar-refractivity contribution in [3.05, 3.63) is 25.3 Å². The summed E-state index contributed by atoms with van der Waals surface area (Å²) in [5, 5.41) is 4.17. The Morgan fingerprint density at radius 1 is 1.26 bits per heavy atom. The maximum atomic E-state index is 13.2. The molecule has 0 saturated heterocycles. The van der Waals surface area contributed by atoms with Crippen LogP contribution in [0.25, 0.3) is 0 Å². The lowest BCUT2D eigenvalue weighted by Gasteiger charge is -2.37. The van der Waals surface area contributed by atoms with Crippen molar-refractivity contribution in [1.82, 2.24) is 5.01 Å². The standard InChI is InChI=1S/C13H17F3N2O/c1-6-8(3)12(9(4)7-2)10(13(14,15)16)17-18(5)11(12)19/h6-9H,1-2H2,3-5H3. The Morgan fingerprint density at radius 2 is 1.68 bits per heavy atom. The largest absolute Gasteiger partial charge is 0.432 e. The molecule has 1 aliphatic heterocycles. The molecule has 6 heteroatoms. The summed E-state index contributed by atoms with van der Waals surface area (Å²) in [6.07, 6.45) is -1.98. The summed E-state index contributed by atoms with van der Waals surface area (Å²) in [6.45, 7) is 10.1. The molecule has 0 N–H and O–H groups in total. The van der Waals surface area contributed by atoms with E-state index >= 15 is 0 Å². The number of nitrogens with zero attached hydrogens (tertiary/aromatic N) is 2. The van der Waals surface area contributed by atoms with Crippen molar-refractivity contribution in [3.63, 3.8) is 0 Å². The van der Waals surface area contributed by atoms with Crippen molar-refractivity contribution >= 4 is 11.6 Å².